The summed E-state index contributed by atoms with van der Waals surface area (Å²) in [5.41, 5.74) is 3.26. The van der Waals surface area contributed by atoms with Gasteiger partial charge in [0, 0.05) is 29.9 Å². The number of Topliss-reactive ketones (excluding diaryl/α,β-unsaturated/α-hetero) is 1. The number of fused-ring (bicyclic) bond motifs is 5. The number of rotatable bonds is 8. The van der Waals surface area contributed by atoms with Crippen molar-refractivity contribution < 1.29 is 30.0 Å². The summed E-state index contributed by atoms with van der Waals surface area (Å²) in [6, 6.07) is 9.83. The van der Waals surface area contributed by atoms with E-state index >= 15 is 0 Å². The van der Waals surface area contributed by atoms with Gasteiger partial charge in [0.15, 0.2) is 5.78 Å². The molecule has 5 N–H and O–H groups in total. The number of hydrogen-bond donors (Lipinski definition) is 5. The topological polar surface area (TPSA) is 140 Å². The maximum Gasteiger partial charge on any atom is 0.303 e. The highest BCUT2D eigenvalue weighted by Gasteiger charge is 2.66. The maximum absolute atomic E-state index is 12.2. The fraction of sp³-hybridized carbons (Fsp3) is 0.643. The molecule has 0 amide bonds. The van der Waals surface area contributed by atoms with Crippen LogP contribution in [0.25, 0.3) is 0 Å². The summed E-state index contributed by atoms with van der Waals surface area (Å²) in [7, 11) is 0. The lowest BCUT2D eigenvalue weighted by Gasteiger charge is -2.64. The number of benzene rings is 1. The number of hydrogen-bond acceptors (Lipinski definition) is 7. The summed E-state index contributed by atoms with van der Waals surface area (Å²) < 4.78 is 0. The highest BCUT2D eigenvalue weighted by atomic mass is 16.4. The SMILES string of the molecule is CC(=O)c1c(NCc2ccc(C#C[C@@]3(O)CC[C@@]4(C)C(C[C@@H](O)C5C4C[C@H](O)[C@@]4(C)C5CC[C@@H]4C(C)CCC(=O)O)C3)cc2)cc(C)nc1C. The molecule has 2 aromatic rings. The van der Waals surface area contributed by atoms with Gasteiger partial charge in [-0.1, -0.05) is 44.7 Å². The van der Waals surface area contributed by atoms with Gasteiger partial charge in [-0.05, 0) is 142 Å². The minimum Gasteiger partial charge on any atom is -0.481 e. The molecule has 5 unspecified atom stereocenters. The number of aliphatic hydroxyl groups is 3. The Balaban J connectivity index is 1.12. The second kappa shape index (κ2) is 13.7. The number of anilines is 1. The highest BCUT2D eigenvalue weighted by Crippen LogP contribution is 2.69. The summed E-state index contributed by atoms with van der Waals surface area (Å²) in [4.78, 5) is 28.0. The fourth-order valence-electron chi connectivity index (χ4n) is 11.3. The number of aromatic nitrogens is 1. The van der Waals surface area contributed by atoms with Gasteiger partial charge in [-0.2, -0.15) is 0 Å². The van der Waals surface area contributed by atoms with Crippen molar-refractivity contribution in [3.8, 4) is 11.8 Å². The first-order chi connectivity index (χ1) is 23.6. The van der Waals surface area contributed by atoms with E-state index in [4.69, 9.17) is 0 Å². The second-order valence-corrected chi connectivity index (χ2v) is 16.9. The van der Waals surface area contributed by atoms with Crippen LogP contribution in [0.4, 0.5) is 5.69 Å². The Kier molecular flexibility index (Phi) is 10.0. The van der Waals surface area contributed by atoms with Crippen LogP contribution < -0.4 is 5.32 Å². The Morgan fingerprint density at radius 3 is 2.46 bits per heavy atom. The third-order valence-electron chi connectivity index (χ3n) is 14.0. The number of aliphatic hydroxyl groups excluding tert-OH is 2. The third-order valence-corrected chi connectivity index (χ3v) is 14.0. The quantitative estimate of drug-likeness (QED) is 0.153. The Labute approximate surface area is 297 Å². The van der Waals surface area contributed by atoms with Crippen molar-refractivity contribution in [2.45, 2.75) is 124 Å². The Hall–Kier alpha value is -3.25. The van der Waals surface area contributed by atoms with Gasteiger partial charge in [-0.15, -0.1) is 0 Å². The molecule has 4 saturated carbocycles. The van der Waals surface area contributed by atoms with Gasteiger partial charge in [0.25, 0.3) is 0 Å². The lowest BCUT2D eigenvalue weighted by atomic mass is 9.42. The maximum atomic E-state index is 12.2. The monoisotopic (exact) mass is 684 g/mol. The van der Waals surface area contributed by atoms with E-state index in [-0.39, 0.29) is 58.5 Å². The number of ketones is 1. The van der Waals surface area contributed by atoms with Crippen molar-refractivity contribution in [1.29, 1.82) is 0 Å². The number of carboxylic acid groups (broad SMARTS) is 1. The van der Waals surface area contributed by atoms with E-state index in [1.807, 2.05) is 44.2 Å². The summed E-state index contributed by atoms with van der Waals surface area (Å²) in [6.07, 6.45) is 4.84. The zero-order valence-electron chi connectivity index (χ0n) is 30.6. The van der Waals surface area contributed by atoms with Gasteiger partial charge in [0.2, 0.25) is 0 Å². The number of carboxylic acids is 1. The normalized spacial score (nSPS) is 36.6. The minimum absolute atomic E-state index is 0.0192. The lowest BCUT2D eigenvalue weighted by Crippen LogP contribution is -2.63. The molecule has 11 atom stereocenters. The number of nitrogens with zero attached hydrogens (tertiary/aromatic N) is 1. The van der Waals surface area contributed by atoms with Gasteiger partial charge >= 0.3 is 5.97 Å². The molecule has 4 aliphatic carbocycles. The second-order valence-electron chi connectivity index (χ2n) is 16.9. The molecule has 0 radical (unpaired) electrons. The molecule has 4 aliphatic rings. The number of aryl methyl sites for hydroxylation is 2. The summed E-state index contributed by atoms with van der Waals surface area (Å²) in [5.74, 6) is 6.69. The lowest BCUT2D eigenvalue weighted by molar-refractivity contribution is -0.211. The molecule has 1 aromatic heterocycles. The fourth-order valence-corrected chi connectivity index (χ4v) is 11.3. The largest absolute Gasteiger partial charge is 0.481 e. The zero-order chi connectivity index (χ0) is 36.2. The predicted molar refractivity (Wildman–Crippen MR) is 193 cm³/mol. The van der Waals surface area contributed by atoms with Gasteiger partial charge in [0.05, 0.1) is 23.5 Å². The molecule has 0 saturated heterocycles. The van der Waals surface area contributed by atoms with Gasteiger partial charge in [-0.3, -0.25) is 14.6 Å². The Morgan fingerprint density at radius 1 is 1.06 bits per heavy atom. The highest BCUT2D eigenvalue weighted by molar-refractivity contribution is 6.00. The molecule has 0 aliphatic heterocycles. The van der Waals surface area contributed by atoms with Gasteiger partial charge < -0.3 is 25.7 Å². The van der Waals surface area contributed by atoms with E-state index in [2.05, 4.69) is 42.9 Å². The molecule has 1 aromatic carbocycles. The molecule has 1 heterocycles. The van der Waals surface area contributed by atoms with Crippen LogP contribution in [0, 0.1) is 72.0 Å². The minimum atomic E-state index is -1.14. The van der Waals surface area contributed by atoms with Crippen molar-refractivity contribution in [3.05, 3.63) is 58.4 Å². The molecule has 6 rings (SSSR count). The molecule has 0 bridgehead atoms. The zero-order valence-corrected chi connectivity index (χ0v) is 30.6. The van der Waals surface area contributed by atoms with Crippen molar-refractivity contribution >= 4 is 17.4 Å². The molecule has 50 heavy (non-hydrogen) atoms. The van der Waals surface area contributed by atoms with Crippen LogP contribution >= 0.6 is 0 Å². The van der Waals surface area contributed by atoms with Crippen molar-refractivity contribution in [3.63, 3.8) is 0 Å². The van der Waals surface area contributed by atoms with E-state index in [1.54, 1.807) is 6.92 Å². The van der Waals surface area contributed by atoms with Crippen LogP contribution in [-0.4, -0.2) is 55.0 Å². The molecule has 8 heteroatoms. The number of aliphatic carboxylic acids is 1. The number of pyridine rings is 1. The number of carbonyl (C=O) groups excluding carboxylic acids is 1. The van der Waals surface area contributed by atoms with Crippen molar-refractivity contribution in [1.82, 2.24) is 4.98 Å². The molecule has 0 spiro atoms. The third kappa shape index (κ3) is 6.62. The molecule has 8 nitrogen and oxygen atoms in total. The summed E-state index contributed by atoms with van der Waals surface area (Å²) >= 11 is 0. The van der Waals surface area contributed by atoms with Crippen LogP contribution in [0.2, 0.25) is 0 Å². The summed E-state index contributed by atoms with van der Waals surface area (Å²) in [6.45, 7) is 12.5. The van der Waals surface area contributed by atoms with E-state index in [0.717, 1.165) is 47.5 Å². The molecule has 270 valence electrons. The molecular weight excluding hydrogens is 628 g/mol. The summed E-state index contributed by atoms with van der Waals surface area (Å²) in [5, 5.41) is 48.1. The first-order valence-corrected chi connectivity index (χ1v) is 18.7. The van der Waals surface area contributed by atoms with E-state index in [0.29, 0.717) is 44.2 Å². The van der Waals surface area contributed by atoms with Gasteiger partial charge in [-0.25, -0.2) is 0 Å². The van der Waals surface area contributed by atoms with Crippen molar-refractivity contribution in [2.75, 3.05) is 5.32 Å². The average molecular weight is 685 g/mol. The average Bonchev–Trinajstić information content (AvgIpc) is 3.41. The number of nitrogens with one attached hydrogen (secondary N) is 1. The van der Waals surface area contributed by atoms with E-state index in [1.165, 1.54) is 0 Å². The Bertz CT molecular complexity index is 1680. The van der Waals surface area contributed by atoms with Crippen LogP contribution in [0.1, 0.15) is 118 Å². The van der Waals surface area contributed by atoms with Crippen LogP contribution in [0.3, 0.4) is 0 Å². The van der Waals surface area contributed by atoms with Crippen LogP contribution in [0.15, 0.2) is 30.3 Å². The van der Waals surface area contributed by atoms with Crippen LogP contribution in [-0.2, 0) is 11.3 Å². The smallest absolute Gasteiger partial charge is 0.303 e. The molecular formula is C42H56N2O6. The van der Waals surface area contributed by atoms with Crippen LogP contribution in [0.5, 0.6) is 0 Å². The predicted octanol–water partition coefficient (Wildman–Crippen LogP) is 6.70. The first-order valence-electron chi connectivity index (χ1n) is 18.7. The van der Waals surface area contributed by atoms with E-state index in [9.17, 15) is 30.0 Å². The molecule has 4 fully saturated rings. The van der Waals surface area contributed by atoms with Gasteiger partial charge in [0.1, 0.15) is 5.60 Å². The first kappa shape index (κ1) is 36.5. The number of carbonyl (C=O) groups is 2. The standard InChI is InChI=1S/C42H56N2O6/c1-24(7-14-37(48)49)31-12-13-32-39-33(21-36(47)41(31,32)6)40(5)17-18-42(50,22-30(40)20-35(39)46)16-15-28-8-10-29(11-9-28)23-43-34-19-25(2)44-26(3)38(34)27(4)45/h8-11,19,24,30-33,35-36,39,46-47,50H,7,12-14,17-18,20-23H2,1-6H3,(H,43,44)(H,48,49)/t24?,30?,31-,32?,33?,35-,36+,39?,40+,41-,42-/m1/s1. The Morgan fingerprint density at radius 2 is 1.78 bits per heavy atom. The van der Waals surface area contributed by atoms with E-state index < -0.39 is 23.8 Å². The van der Waals surface area contributed by atoms with Crippen molar-refractivity contribution in [2.24, 2.45) is 46.3 Å².